The number of nitrogens with zero attached hydrogens (tertiary/aromatic N) is 2. The molecule has 0 spiro atoms. The molecule has 1 amide bonds. The maximum atomic E-state index is 11.1. The average Bonchev–Trinajstić information content (AvgIpc) is 2.87. The van der Waals surface area contributed by atoms with Gasteiger partial charge < -0.3 is 16.2 Å². The molecule has 100 valence electrons. The Balaban J connectivity index is 2.57. The SMILES string of the molecule is COc1cccc(-n2ccc(C(N)=O)n2)c1C(C)N. The zero-order valence-electron chi connectivity index (χ0n) is 10.8. The first kappa shape index (κ1) is 13.1. The van der Waals surface area contributed by atoms with Gasteiger partial charge in [-0.3, -0.25) is 4.79 Å². The summed E-state index contributed by atoms with van der Waals surface area (Å²) >= 11 is 0. The predicted octanol–water partition coefficient (Wildman–Crippen LogP) is 1.000. The summed E-state index contributed by atoms with van der Waals surface area (Å²) in [6, 6.07) is 6.87. The van der Waals surface area contributed by atoms with E-state index in [9.17, 15) is 4.79 Å². The molecule has 0 aliphatic carbocycles. The molecule has 1 aromatic carbocycles. The van der Waals surface area contributed by atoms with Gasteiger partial charge in [-0.05, 0) is 25.1 Å². The Morgan fingerprint density at radius 2 is 2.16 bits per heavy atom. The molecule has 1 heterocycles. The third-order valence-electron chi connectivity index (χ3n) is 2.81. The number of nitrogens with two attached hydrogens (primary N) is 2. The monoisotopic (exact) mass is 260 g/mol. The lowest BCUT2D eigenvalue weighted by atomic mass is 10.1. The van der Waals surface area contributed by atoms with Crippen LogP contribution in [0, 0.1) is 0 Å². The largest absolute Gasteiger partial charge is 0.496 e. The second kappa shape index (κ2) is 5.11. The number of carbonyl (C=O) groups excluding carboxylic acids is 1. The van der Waals surface area contributed by atoms with E-state index >= 15 is 0 Å². The van der Waals surface area contributed by atoms with E-state index in [-0.39, 0.29) is 11.7 Å². The molecule has 1 unspecified atom stereocenters. The number of rotatable bonds is 4. The van der Waals surface area contributed by atoms with Gasteiger partial charge in [0, 0.05) is 17.8 Å². The molecular formula is C13H16N4O2. The third kappa shape index (κ3) is 2.43. The van der Waals surface area contributed by atoms with Gasteiger partial charge in [0.1, 0.15) is 11.4 Å². The number of methoxy groups -OCH3 is 1. The van der Waals surface area contributed by atoms with Crippen LogP contribution < -0.4 is 16.2 Å². The van der Waals surface area contributed by atoms with Crippen LogP contribution in [0.4, 0.5) is 0 Å². The minimum absolute atomic E-state index is 0.207. The van der Waals surface area contributed by atoms with Gasteiger partial charge >= 0.3 is 0 Å². The first-order valence-corrected chi connectivity index (χ1v) is 5.83. The molecule has 19 heavy (non-hydrogen) atoms. The maximum Gasteiger partial charge on any atom is 0.269 e. The zero-order valence-corrected chi connectivity index (χ0v) is 10.8. The van der Waals surface area contributed by atoms with Crippen LogP contribution in [0.5, 0.6) is 5.75 Å². The minimum atomic E-state index is -0.566. The van der Waals surface area contributed by atoms with Crippen LogP contribution in [0.2, 0.25) is 0 Å². The molecule has 0 saturated carbocycles. The van der Waals surface area contributed by atoms with Gasteiger partial charge in [-0.2, -0.15) is 5.10 Å². The molecule has 0 radical (unpaired) electrons. The van der Waals surface area contributed by atoms with E-state index in [2.05, 4.69) is 5.10 Å². The lowest BCUT2D eigenvalue weighted by Crippen LogP contribution is -2.14. The van der Waals surface area contributed by atoms with Crippen molar-refractivity contribution in [3.8, 4) is 11.4 Å². The summed E-state index contributed by atoms with van der Waals surface area (Å²) in [5.74, 6) is 0.118. The van der Waals surface area contributed by atoms with Crippen molar-refractivity contribution in [2.75, 3.05) is 7.11 Å². The highest BCUT2D eigenvalue weighted by Crippen LogP contribution is 2.29. The topological polar surface area (TPSA) is 96.2 Å². The van der Waals surface area contributed by atoms with Gasteiger partial charge in [0.2, 0.25) is 0 Å². The van der Waals surface area contributed by atoms with Crippen molar-refractivity contribution in [2.45, 2.75) is 13.0 Å². The second-order valence-electron chi connectivity index (χ2n) is 4.19. The number of aromatic nitrogens is 2. The van der Waals surface area contributed by atoms with Crippen LogP contribution in [-0.2, 0) is 0 Å². The molecule has 0 aliphatic rings. The maximum absolute atomic E-state index is 11.1. The van der Waals surface area contributed by atoms with Crippen LogP contribution in [-0.4, -0.2) is 22.8 Å². The van der Waals surface area contributed by atoms with Crippen molar-refractivity contribution in [3.63, 3.8) is 0 Å². The van der Waals surface area contributed by atoms with Crippen molar-refractivity contribution < 1.29 is 9.53 Å². The summed E-state index contributed by atoms with van der Waals surface area (Å²) in [6.45, 7) is 1.86. The van der Waals surface area contributed by atoms with Crippen LogP contribution in [0.3, 0.4) is 0 Å². The third-order valence-corrected chi connectivity index (χ3v) is 2.81. The Labute approximate surface area is 111 Å². The van der Waals surface area contributed by atoms with E-state index in [0.29, 0.717) is 5.75 Å². The summed E-state index contributed by atoms with van der Waals surface area (Å²) in [5, 5.41) is 4.13. The lowest BCUT2D eigenvalue weighted by molar-refractivity contribution is 0.0995. The second-order valence-corrected chi connectivity index (χ2v) is 4.19. The van der Waals surface area contributed by atoms with Crippen molar-refractivity contribution in [2.24, 2.45) is 11.5 Å². The standard InChI is InChI=1S/C13H16N4O2/c1-8(14)12-10(4-3-5-11(12)19-2)17-7-6-9(16-17)13(15)18/h3-8H,14H2,1-2H3,(H2,15,18). The fraction of sp³-hybridized carbons (Fsp3) is 0.231. The first-order valence-electron chi connectivity index (χ1n) is 5.83. The van der Waals surface area contributed by atoms with Gasteiger partial charge in [-0.1, -0.05) is 6.07 Å². The lowest BCUT2D eigenvalue weighted by Gasteiger charge is -2.16. The molecule has 1 atom stereocenters. The van der Waals surface area contributed by atoms with Gasteiger partial charge in [-0.15, -0.1) is 0 Å². The number of hydrogen-bond donors (Lipinski definition) is 2. The smallest absolute Gasteiger partial charge is 0.269 e. The molecule has 2 rings (SSSR count). The first-order chi connectivity index (χ1) is 9.04. The molecule has 0 aliphatic heterocycles. The molecular weight excluding hydrogens is 244 g/mol. The van der Waals surface area contributed by atoms with Gasteiger partial charge in [0.25, 0.3) is 5.91 Å². The van der Waals surface area contributed by atoms with E-state index < -0.39 is 5.91 Å². The highest BCUT2D eigenvalue weighted by Gasteiger charge is 2.16. The van der Waals surface area contributed by atoms with Gasteiger partial charge in [-0.25, -0.2) is 4.68 Å². The minimum Gasteiger partial charge on any atom is -0.496 e. The Bertz CT molecular complexity index is 604. The highest BCUT2D eigenvalue weighted by molar-refractivity contribution is 5.90. The zero-order chi connectivity index (χ0) is 14.0. The summed E-state index contributed by atoms with van der Waals surface area (Å²) in [7, 11) is 1.59. The molecule has 2 aromatic rings. The van der Waals surface area contributed by atoms with E-state index in [1.54, 1.807) is 24.1 Å². The number of ether oxygens (including phenoxy) is 1. The average molecular weight is 260 g/mol. The molecule has 1 aromatic heterocycles. The Morgan fingerprint density at radius 1 is 1.42 bits per heavy atom. The summed E-state index contributed by atoms with van der Waals surface area (Å²) in [5.41, 5.74) is 13.0. The number of benzene rings is 1. The van der Waals surface area contributed by atoms with Crippen LogP contribution in [0.25, 0.3) is 5.69 Å². The van der Waals surface area contributed by atoms with E-state index in [4.69, 9.17) is 16.2 Å². The van der Waals surface area contributed by atoms with E-state index in [0.717, 1.165) is 11.3 Å². The molecule has 4 N–H and O–H groups in total. The molecule has 0 fully saturated rings. The normalized spacial score (nSPS) is 12.2. The summed E-state index contributed by atoms with van der Waals surface area (Å²) < 4.78 is 6.88. The van der Waals surface area contributed by atoms with Crippen LogP contribution in [0.15, 0.2) is 30.5 Å². The Morgan fingerprint density at radius 3 is 2.68 bits per heavy atom. The van der Waals surface area contributed by atoms with Crippen molar-refractivity contribution >= 4 is 5.91 Å². The number of carbonyl (C=O) groups is 1. The van der Waals surface area contributed by atoms with E-state index in [1.165, 1.54) is 0 Å². The Kier molecular flexibility index (Phi) is 3.52. The van der Waals surface area contributed by atoms with Gasteiger partial charge in [0.15, 0.2) is 0 Å². The van der Waals surface area contributed by atoms with Crippen LogP contribution in [0.1, 0.15) is 29.0 Å². The highest BCUT2D eigenvalue weighted by atomic mass is 16.5. The summed E-state index contributed by atoms with van der Waals surface area (Å²) in [4.78, 5) is 11.1. The predicted molar refractivity (Wildman–Crippen MR) is 71.2 cm³/mol. The molecule has 6 nitrogen and oxygen atoms in total. The number of hydrogen-bond acceptors (Lipinski definition) is 4. The number of amides is 1. The van der Waals surface area contributed by atoms with E-state index in [1.807, 2.05) is 25.1 Å². The Hall–Kier alpha value is -2.34. The van der Waals surface area contributed by atoms with Crippen molar-refractivity contribution in [1.82, 2.24) is 9.78 Å². The van der Waals surface area contributed by atoms with Crippen molar-refractivity contribution in [3.05, 3.63) is 41.7 Å². The number of primary amides is 1. The fourth-order valence-electron chi connectivity index (χ4n) is 1.96. The quantitative estimate of drug-likeness (QED) is 0.857. The van der Waals surface area contributed by atoms with Gasteiger partial charge in [0.05, 0.1) is 12.8 Å². The van der Waals surface area contributed by atoms with Crippen molar-refractivity contribution in [1.29, 1.82) is 0 Å². The molecule has 0 bridgehead atoms. The molecule has 0 saturated heterocycles. The van der Waals surface area contributed by atoms with Crippen LogP contribution >= 0.6 is 0 Å². The molecule has 6 heteroatoms. The summed E-state index contributed by atoms with van der Waals surface area (Å²) in [6.07, 6.45) is 1.67. The fourth-order valence-corrected chi connectivity index (χ4v) is 1.96.